The standard InChI is InChI=1S/C28H34F3N7O2/c1-18-19(2-3-26-24(18)10-21(11-32)38(26)13-22(40)15-39)12-36-7-4-20(5-8-36)35-27-23-6-9-37(16-28(29,30)31)14-25(23)33-17-34-27/h2-3,10,17,20,22,39-40H,4-9,12-16H2,1H3,(H,33,34,35)/t22-/m0/s1. The Hall–Kier alpha value is -3.24. The van der Waals surface area contributed by atoms with Crippen LogP contribution in [0.1, 0.15) is 40.9 Å². The summed E-state index contributed by atoms with van der Waals surface area (Å²) in [4.78, 5) is 12.5. The minimum Gasteiger partial charge on any atom is -0.394 e. The zero-order chi connectivity index (χ0) is 28.4. The summed E-state index contributed by atoms with van der Waals surface area (Å²) in [6.45, 7) is 3.96. The molecule has 0 aliphatic carbocycles. The number of aliphatic hydroxyl groups excluding tert-OH is 2. The first-order chi connectivity index (χ1) is 19.1. The summed E-state index contributed by atoms with van der Waals surface area (Å²) in [5.74, 6) is 0.737. The zero-order valence-electron chi connectivity index (χ0n) is 22.5. The van der Waals surface area contributed by atoms with Crippen LogP contribution < -0.4 is 5.32 Å². The molecule has 0 radical (unpaired) electrons. The largest absolute Gasteiger partial charge is 0.401 e. The lowest BCUT2D eigenvalue weighted by Crippen LogP contribution is -2.40. The van der Waals surface area contributed by atoms with Crippen LogP contribution in [0, 0.1) is 18.3 Å². The average molecular weight is 558 g/mol. The van der Waals surface area contributed by atoms with E-state index >= 15 is 0 Å². The van der Waals surface area contributed by atoms with Crippen molar-refractivity contribution in [2.45, 2.75) is 64.1 Å². The van der Waals surface area contributed by atoms with E-state index < -0.39 is 18.8 Å². The molecular weight excluding hydrogens is 523 g/mol. The summed E-state index contributed by atoms with van der Waals surface area (Å²) in [6.07, 6.45) is -1.42. The maximum absolute atomic E-state index is 12.8. The van der Waals surface area contributed by atoms with Crippen molar-refractivity contribution in [3.63, 3.8) is 0 Å². The number of aryl methyl sites for hydroxylation is 1. The van der Waals surface area contributed by atoms with E-state index in [2.05, 4.69) is 32.3 Å². The van der Waals surface area contributed by atoms with E-state index in [0.29, 0.717) is 24.4 Å². The Morgan fingerprint density at radius 3 is 2.65 bits per heavy atom. The summed E-state index contributed by atoms with van der Waals surface area (Å²) in [7, 11) is 0. The van der Waals surface area contributed by atoms with Gasteiger partial charge in [-0.15, -0.1) is 0 Å². The van der Waals surface area contributed by atoms with Gasteiger partial charge in [-0.3, -0.25) is 9.80 Å². The maximum Gasteiger partial charge on any atom is 0.401 e. The van der Waals surface area contributed by atoms with E-state index in [0.717, 1.165) is 60.3 Å². The monoisotopic (exact) mass is 557 g/mol. The highest BCUT2D eigenvalue weighted by Gasteiger charge is 2.33. The topological polar surface area (TPSA) is 113 Å². The van der Waals surface area contributed by atoms with Gasteiger partial charge in [0.15, 0.2) is 0 Å². The van der Waals surface area contributed by atoms with Crippen molar-refractivity contribution in [2.24, 2.45) is 0 Å². The fourth-order valence-electron chi connectivity index (χ4n) is 5.84. The Balaban J connectivity index is 1.20. The van der Waals surface area contributed by atoms with Crippen LogP contribution in [-0.4, -0.2) is 85.7 Å². The Morgan fingerprint density at radius 1 is 1.18 bits per heavy atom. The number of aliphatic hydroxyl groups is 2. The van der Waals surface area contributed by atoms with Crippen LogP contribution in [0.3, 0.4) is 0 Å². The average Bonchev–Trinajstić information content (AvgIpc) is 3.28. The lowest BCUT2D eigenvalue weighted by atomic mass is 10.00. The second-order valence-corrected chi connectivity index (χ2v) is 10.8. The van der Waals surface area contributed by atoms with Gasteiger partial charge in [-0.1, -0.05) is 6.07 Å². The van der Waals surface area contributed by atoms with E-state index in [1.54, 1.807) is 4.57 Å². The highest BCUT2D eigenvalue weighted by molar-refractivity contribution is 5.86. The molecule has 2 aromatic heterocycles. The molecule has 0 spiro atoms. The molecule has 0 bridgehead atoms. The summed E-state index contributed by atoms with van der Waals surface area (Å²) in [5, 5.41) is 33.3. The first-order valence-electron chi connectivity index (χ1n) is 13.6. The number of hydrogen-bond donors (Lipinski definition) is 3. The normalized spacial score (nSPS) is 18.0. The molecule has 0 saturated carbocycles. The zero-order valence-corrected chi connectivity index (χ0v) is 22.5. The Labute approximate surface area is 230 Å². The predicted octanol–water partition coefficient (Wildman–Crippen LogP) is 2.96. The third kappa shape index (κ3) is 6.23. The maximum atomic E-state index is 12.8. The summed E-state index contributed by atoms with van der Waals surface area (Å²) < 4.78 is 40.2. The summed E-state index contributed by atoms with van der Waals surface area (Å²) >= 11 is 0. The van der Waals surface area contributed by atoms with E-state index in [9.17, 15) is 28.6 Å². The smallest absolute Gasteiger partial charge is 0.394 e. The molecule has 214 valence electrons. The third-order valence-electron chi connectivity index (χ3n) is 8.00. The van der Waals surface area contributed by atoms with Crippen LogP contribution in [0.4, 0.5) is 19.0 Å². The van der Waals surface area contributed by atoms with Crippen LogP contribution in [0.5, 0.6) is 0 Å². The van der Waals surface area contributed by atoms with Gasteiger partial charge in [0.1, 0.15) is 23.9 Å². The van der Waals surface area contributed by atoms with Gasteiger partial charge < -0.3 is 20.1 Å². The van der Waals surface area contributed by atoms with Crippen molar-refractivity contribution in [2.75, 3.05) is 38.1 Å². The van der Waals surface area contributed by atoms with Crippen LogP contribution in [0.25, 0.3) is 10.9 Å². The molecule has 40 heavy (non-hydrogen) atoms. The number of nitriles is 1. The summed E-state index contributed by atoms with van der Waals surface area (Å²) in [6, 6.07) is 8.31. The molecular formula is C28H34F3N7O2. The molecule has 1 fully saturated rings. The number of nitrogens with one attached hydrogen (secondary N) is 1. The number of hydrogen-bond acceptors (Lipinski definition) is 8. The number of halogens is 3. The molecule has 3 aromatic rings. The van der Waals surface area contributed by atoms with E-state index in [1.807, 2.05) is 19.1 Å². The van der Waals surface area contributed by atoms with Gasteiger partial charge >= 0.3 is 6.18 Å². The van der Waals surface area contributed by atoms with Gasteiger partial charge in [0, 0.05) is 55.2 Å². The molecule has 5 rings (SSSR count). The highest BCUT2D eigenvalue weighted by Crippen LogP contribution is 2.29. The van der Waals surface area contributed by atoms with Crippen molar-refractivity contribution >= 4 is 16.7 Å². The number of fused-ring (bicyclic) bond motifs is 2. The van der Waals surface area contributed by atoms with Crippen molar-refractivity contribution in [1.82, 2.24) is 24.3 Å². The SMILES string of the molecule is Cc1c(CN2CCC(Nc3ncnc4c3CCN(CC(F)(F)F)C4)CC2)ccc2c1cc(C#N)n2C[C@H](O)CO. The fourth-order valence-corrected chi connectivity index (χ4v) is 5.84. The number of alkyl halides is 3. The van der Waals surface area contributed by atoms with Gasteiger partial charge in [0.05, 0.1) is 31.5 Å². The molecule has 0 amide bonds. The molecule has 2 aliphatic heterocycles. The number of rotatable bonds is 8. The number of nitrogens with zero attached hydrogens (tertiary/aromatic N) is 6. The van der Waals surface area contributed by atoms with E-state index in [-0.39, 0.29) is 25.7 Å². The first-order valence-corrected chi connectivity index (χ1v) is 13.6. The van der Waals surface area contributed by atoms with Gasteiger partial charge in [0.2, 0.25) is 0 Å². The van der Waals surface area contributed by atoms with Crippen LogP contribution in [0.15, 0.2) is 24.5 Å². The van der Waals surface area contributed by atoms with Crippen LogP contribution in [-0.2, 0) is 26.1 Å². The van der Waals surface area contributed by atoms with E-state index in [1.165, 1.54) is 16.8 Å². The summed E-state index contributed by atoms with van der Waals surface area (Å²) in [5.41, 5.74) is 5.17. The molecule has 3 N–H and O–H groups in total. The Morgan fingerprint density at radius 2 is 1.95 bits per heavy atom. The lowest BCUT2D eigenvalue weighted by Gasteiger charge is -2.34. The Kier molecular flexibility index (Phi) is 8.28. The molecule has 1 aromatic carbocycles. The van der Waals surface area contributed by atoms with Crippen LogP contribution >= 0.6 is 0 Å². The highest BCUT2D eigenvalue weighted by atomic mass is 19.4. The number of piperidine rings is 1. The van der Waals surface area contributed by atoms with Crippen molar-refractivity contribution in [3.8, 4) is 6.07 Å². The van der Waals surface area contributed by atoms with Gasteiger partial charge in [0.25, 0.3) is 0 Å². The first kappa shape index (κ1) is 28.3. The third-order valence-corrected chi connectivity index (χ3v) is 8.00. The second-order valence-electron chi connectivity index (χ2n) is 10.8. The molecule has 4 heterocycles. The molecule has 12 heteroatoms. The Bertz CT molecular complexity index is 1390. The van der Waals surface area contributed by atoms with Gasteiger partial charge in [-0.25, -0.2) is 9.97 Å². The second kappa shape index (κ2) is 11.7. The minimum absolute atomic E-state index is 0.156. The molecule has 2 aliphatic rings. The van der Waals surface area contributed by atoms with Crippen molar-refractivity contribution < 1.29 is 23.4 Å². The number of benzene rings is 1. The van der Waals surface area contributed by atoms with Crippen molar-refractivity contribution in [1.29, 1.82) is 5.26 Å². The van der Waals surface area contributed by atoms with Gasteiger partial charge in [-0.05, 0) is 49.4 Å². The number of likely N-dealkylation sites (tertiary alicyclic amines) is 1. The lowest BCUT2D eigenvalue weighted by molar-refractivity contribution is -0.147. The molecule has 1 atom stereocenters. The molecule has 9 nitrogen and oxygen atoms in total. The van der Waals surface area contributed by atoms with E-state index in [4.69, 9.17) is 0 Å². The van der Waals surface area contributed by atoms with Crippen LogP contribution in [0.2, 0.25) is 0 Å². The minimum atomic E-state index is -4.22. The number of anilines is 1. The number of aromatic nitrogens is 3. The van der Waals surface area contributed by atoms with Crippen molar-refractivity contribution in [3.05, 3.63) is 52.6 Å². The molecule has 1 saturated heterocycles. The predicted molar refractivity (Wildman–Crippen MR) is 143 cm³/mol. The fraction of sp³-hybridized carbons (Fsp3) is 0.536. The quantitative estimate of drug-likeness (QED) is 0.388. The molecule has 0 unspecified atom stereocenters. The van der Waals surface area contributed by atoms with Gasteiger partial charge in [-0.2, -0.15) is 18.4 Å².